The Labute approximate surface area is 92.3 Å². The number of benzene rings is 1. The van der Waals surface area contributed by atoms with E-state index in [0.29, 0.717) is 25.4 Å². The van der Waals surface area contributed by atoms with E-state index in [9.17, 15) is 0 Å². The number of epoxide rings is 1. The molecule has 0 aromatic heterocycles. The summed E-state index contributed by atoms with van der Waals surface area (Å²) >= 11 is 3.37. The molecule has 0 aliphatic carbocycles. The first kappa shape index (κ1) is 10.1. The fourth-order valence-electron chi connectivity index (χ4n) is 1.33. The van der Waals surface area contributed by atoms with Crippen LogP contribution in [-0.4, -0.2) is 24.1 Å². The average Bonchev–Trinajstić information content (AvgIpc) is 2.98. The Morgan fingerprint density at radius 3 is 2.64 bits per heavy atom. The van der Waals surface area contributed by atoms with Gasteiger partial charge in [0.25, 0.3) is 0 Å². The minimum atomic E-state index is 0.304. The molecule has 1 aliphatic rings. The van der Waals surface area contributed by atoms with E-state index in [2.05, 4.69) is 28.1 Å². The highest BCUT2D eigenvalue weighted by Crippen LogP contribution is 2.24. The second-order valence-electron chi connectivity index (χ2n) is 3.37. The van der Waals surface area contributed by atoms with Crippen molar-refractivity contribution in [1.82, 2.24) is 0 Å². The fourth-order valence-corrected chi connectivity index (χ4v) is 1.90. The smallest absolute Gasteiger partial charge is 0.108 e. The van der Waals surface area contributed by atoms with Crippen LogP contribution in [0.15, 0.2) is 30.3 Å². The van der Waals surface area contributed by atoms with Crippen molar-refractivity contribution in [1.29, 1.82) is 0 Å². The van der Waals surface area contributed by atoms with Crippen molar-refractivity contribution in [2.45, 2.75) is 18.8 Å². The molecule has 0 spiro atoms. The Morgan fingerprint density at radius 2 is 2.00 bits per heavy atom. The first-order chi connectivity index (χ1) is 6.90. The average molecular weight is 257 g/mol. The summed E-state index contributed by atoms with van der Waals surface area (Å²) in [5.74, 6) is 0. The maximum Gasteiger partial charge on any atom is 0.108 e. The first-order valence-electron chi connectivity index (χ1n) is 4.73. The summed E-state index contributed by atoms with van der Waals surface area (Å²) in [6.07, 6.45) is 0.670. The summed E-state index contributed by atoms with van der Waals surface area (Å²) in [6.45, 7) is 1.38. The Morgan fingerprint density at radius 1 is 1.21 bits per heavy atom. The highest BCUT2D eigenvalue weighted by molar-refractivity contribution is 9.09. The largest absolute Gasteiger partial charge is 0.374 e. The molecule has 0 saturated carbocycles. The first-order valence-corrected chi connectivity index (χ1v) is 5.85. The topological polar surface area (TPSA) is 21.8 Å². The minimum absolute atomic E-state index is 0.304. The molecule has 0 radical (unpaired) electrons. The Bertz CT molecular complexity index is 276. The molecule has 1 saturated heterocycles. The Hall–Kier alpha value is -0.380. The minimum Gasteiger partial charge on any atom is -0.374 e. The molecule has 14 heavy (non-hydrogen) atoms. The molecule has 1 aromatic carbocycles. The van der Waals surface area contributed by atoms with Crippen LogP contribution in [0.5, 0.6) is 0 Å². The molecule has 0 unspecified atom stereocenters. The van der Waals surface area contributed by atoms with E-state index < -0.39 is 0 Å². The van der Waals surface area contributed by atoms with Crippen LogP contribution in [0.1, 0.15) is 5.56 Å². The van der Waals surface area contributed by atoms with Crippen molar-refractivity contribution in [3.8, 4) is 0 Å². The summed E-state index contributed by atoms with van der Waals surface area (Å²) in [7, 11) is 0. The van der Waals surface area contributed by atoms with Gasteiger partial charge in [0.2, 0.25) is 0 Å². The fraction of sp³-hybridized carbons (Fsp3) is 0.455. The van der Waals surface area contributed by atoms with Crippen LogP contribution < -0.4 is 0 Å². The van der Waals surface area contributed by atoms with Crippen molar-refractivity contribution in [3.05, 3.63) is 35.9 Å². The molecule has 0 amide bonds. The van der Waals surface area contributed by atoms with E-state index in [1.807, 2.05) is 18.2 Å². The number of alkyl halides is 1. The summed E-state index contributed by atoms with van der Waals surface area (Å²) in [5, 5.41) is 0.909. The molecule has 1 aliphatic heterocycles. The van der Waals surface area contributed by atoms with Gasteiger partial charge in [-0.25, -0.2) is 0 Å². The van der Waals surface area contributed by atoms with Gasteiger partial charge in [-0.05, 0) is 5.56 Å². The van der Waals surface area contributed by atoms with E-state index in [1.165, 1.54) is 5.56 Å². The highest BCUT2D eigenvalue weighted by Gasteiger charge is 2.37. The third kappa shape index (κ3) is 2.80. The van der Waals surface area contributed by atoms with Gasteiger partial charge < -0.3 is 9.47 Å². The highest BCUT2D eigenvalue weighted by atomic mass is 79.9. The number of ether oxygens (including phenoxy) is 2. The van der Waals surface area contributed by atoms with Crippen LogP contribution in [0.3, 0.4) is 0 Å². The SMILES string of the molecule is BrC[C@H]1O[C@@H]1COCc1ccccc1. The molecule has 2 nitrogen and oxygen atoms in total. The van der Waals surface area contributed by atoms with Gasteiger partial charge in [-0.15, -0.1) is 0 Å². The number of halogens is 1. The molecule has 76 valence electrons. The summed E-state index contributed by atoms with van der Waals surface area (Å²) in [6, 6.07) is 10.2. The van der Waals surface area contributed by atoms with Crippen LogP contribution in [0.4, 0.5) is 0 Å². The lowest BCUT2D eigenvalue weighted by atomic mass is 10.2. The zero-order valence-electron chi connectivity index (χ0n) is 7.86. The lowest BCUT2D eigenvalue weighted by Gasteiger charge is -2.01. The molecule has 2 atom stereocenters. The number of rotatable bonds is 5. The lowest BCUT2D eigenvalue weighted by molar-refractivity contribution is 0.104. The van der Waals surface area contributed by atoms with Crippen LogP contribution in [-0.2, 0) is 16.1 Å². The van der Waals surface area contributed by atoms with Crippen LogP contribution >= 0.6 is 15.9 Å². The molecule has 3 heteroatoms. The van der Waals surface area contributed by atoms with Crippen molar-refractivity contribution in [3.63, 3.8) is 0 Å². The van der Waals surface area contributed by atoms with E-state index in [0.717, 1.165) is 5.33 Å². The predicted octanol–water partition coefficient (Wildman–Crippen LogP) is 2.37. The third-order valence-corrected chi connectivity index (χ3v) is 2.87. The van der Waals surface area contributed by atoms with Gasteiger partial charge in [0.05, 0.1) is 19.3 Å². The Balaban J connectivity index is 1.64. The quantitative estimate of drug-likeness (QED) is 0.596. The van der Waals surface area contributed by atoms with Gasteiger partial charge in [-0.3, -0.25) is 0 Å². The second kappa shape index (κ2) is 4.91. The molecule has 0 bridgehead atoms. The van der Waals surface area contributed by atoms with Gasteiger partial charge in [-0.2, -0.15) is 0 Å². The van der Waals surface area contributed by atoms with Crippen molar-refractivity contribution in [2.75, 3.05) is 11.9 Å². The van der Waals surface area contributed by atoms with Crippen molar-refractivity contribution < 1.29 is 9.47 Å². The van der Waals surface area contributed by atoms with E-state index >= 15 is 0 Å². The second-order valence-corrected chi connectivity index (χ2v) is 4.02. The van der Waals surface area contributed by atoms with Gasteiger partial charge in [-0.1, -0.05) is 46.3 Å². The lowest BCUT2D eigenvalue weighted by Crippen LogP contribution is -2.05. The number of hydrogen-bond acceptors (Lipinski definition) is 2. The summed E-state index contributed by atoms with van der Waals surface area (Å²) < 4.78 is 10.9. The van der Waals surface area contributed by atoms with Crippen LogP contribution in [0, 0.1) is 0 Å². The monoisotopic (exact) mass is 256 g/mol. The molecular weight excluding hydrogens is 244 g/mol. The maximum absolute atomic E-state index is 5.53. The van der Waals surface area contributed by atoms with Crippen molar-refractivity contribution >= 4 is 15.9 Å². The van der Waals surface area contributed by atoms with Gasteiger partial charge in [0, 0.05) is 5.33 Å². The normalized spacial score (nSPS) is 24.9. The predicted molar refractivity (Wildman–Crippen MR) is 58.6 cm³/mol. The molecule has 2 rings (SSSR count). The standard InChI is InChI=1S/C11H13BrO2/c12-6-10-11(14-10)8-13-7-9-4-2-1-3-5-9/h1-5,10-11H,6-8H2/t10-,11-/m1/s1. The van der Waals surface area contributed by atoms with Crippen LogP contribution in [0.25, 0.3) is 0 Å². The zero-order chi connectivity index (χ0) is 9.80. The summed E-state index contributed by atoms with van der Waals surface area (Å²) in [4.78, 5) is 0. The van der Waals surface area contributed by atoms with Gasteiger partial charge in [0.1, 0.15) is 6.10 Å². The molecular formula is C11H13BrO2. The summed E-state index contributed by atoms with van der Waals surface area (Å²) in [5.41, 5.74) is 1.21. The number of hydrogen-bond donors (Lipinski definition) is 0. The molecule has 1 heterocycles. The molecule has 1 aromatic rings. The van der Waals surface area contributed by atoms with Gasteiger partial charge in [0.15, 0.2) is 0 Å². The van der Waals surface area contributed by atoms with Gasteiger partial charge >= 0.3 is 0 Å². The van der Waals surface area contributed by atoms with E-state index in [1.54, 1.807) is 0 Å². The van der Waals surface area contributed by atoms with Crippen LogP contribution in [0.2, 0.25) is 0 Å². The zero-order valence-corrected chi connectivity index (χ0v) is 9.44. The molecule has 1 fully saturated rings. The molecule has 0 N–H and O–H groups in total. The van der Waals surface area contributed by atoms with E-state index in [4.69, 9.17) is 9.47 Å². The van der Waals surface area contributed by atoms with E-state index in [-0.39, 0.29) is 0 Å². The Kier molecular flexibility index (Phi) is 3.56. The van der Waals surface area contributed by atoms with Crippen molar-refractivity contribution in [2.24, 2.45) is 0 Å². The third-order valence-electron chi connectivity index (χ3n) is 2.23. The maximum atomic E-state index is 5.53.